The van der Waals surface area contributed by atoms with Crippen LogP contribution >= 0.6 is 11.6 Å². The highest BCUT2D eigenvalue weighted by Gasteiger charge is 2.23. The van der Waals surface area contributed by atoms with Crippen LogP contribution in [0.2, 0.25) is 5.02 Å². The lowest BCUT2D eigenvalue weighted by Gasteiger charge is -2.35. The minimum absolute atomic E-state index is 0.168. The zero-order valence-corrected chi connectivity index (χ0v) is 13.0. The molecule has 1 aromatic carbocycles. The van der Waals surface area contributed by atoms with Crippen LogP contribution in [0.3, 0.4) is 0 Å². The third-order valence-corrected chi connectivity index (χ3v) is 4.47. The van der Waals surface area contributed by atoms with Crippen molar-refractivity contribution in [3.05, 3.63) is 29.3 Å². The Morgan fingerprint density at radius 3 is 2.43 bits per heavy atom. The van der Waals surface area contributed by atoms with Crippen molar-refractivity contribution in [2.45, 2.75) is 12.8 Å². The van der Waals surface area contributed by atoms with Gasteiger partial charge in [0, 0.05) is 43.4 Å². The molecule has 114 valence electrons. The number of benzene rings is 1. The molecular weight excluding hydrogens is 286 g/mol. The summed E-state index contributed by atoms with van der Waals surface area (Å²) >= 11 is 5.92. The van der Waals surface area contributed by atoms with Crippen LogP contribution in [-0.4, -0.2) is 50.1 Å². The molecule has 0 radical (unpaired) electrons. The van der Waals surface area contributed by atoms with Crippen LogP contribution in [0.25, 0.3) is 0 Å². The average molecular weight is 308 g/mol. The number of halogens is 1. The molecule has 21 heavy (non-hydrogen) atoms. The Balaban J connectivity index is 1.41. The topological polar surface area (TPSA) is 35.6 Å². The molecule has 0 atom stereocenters. The van der Waals surface area contributed by atoms with Crippen molar-refractivity contribution in [1.82, 2.24) is 10.2 Å². The van der Waals surface area contributed by atoms with Crippen LogP contribution in [0.1, 0.15) is 12.8 Å². The molecule has 0 aromatic heterocycles. The average Bonchev–Trinajstić information content (AvgIpc) is 3.31. The van der Waals surface area contributed by atoms with Crippen LogP contribution < -0.4 is 10.2 Å². The molecule has 1 amide bonds. The van der Waals surface area contributed by atoms with Crippen molar-refractivity contribution in [1.29, 1.82) is 0 Å². The highest BCUT2D eigenvalue weighted by atomic mass is 35.5. The number of anilines is 1. The van der Waals surface area contributed by atoms with Crippen molar-refractivity contribution < 1.29 is 4.79 Å². The van der Waals surface area contributed by atoms with Gasteiger partial charge in [-0.3, -0.25) is 9.69 Å². The van der Waals surface area contributed by atoms with Crippen LogP contribution in [0, 0.1) is 5.92 Å². The molecular formula is C16H22ClN3O. The maximum atomic E-state index is 11.9. The molecule has 2 fully saturated rings. The number of carbonyl (C=O) groups is 1. The van der Waals surface area contributed by atoms with E-state index in [2.05, 4.69) is 27.2 Å². The maximum Gasteiger partial charge on any atom is 0.234 e. The largest absolute Gasteiger partial charge is 0.369 e. The van der Waals surface area contributed by atoms with Gasteiger partial charge in [-0.25, -0.2) is 0 Å². The maximum absolute atomic E-state index is 11.9. The number of hydrogen-bond donors (Lipinski definition) is 1. The SMILES string of the molecule is O=C(CN1CCN(c2ccc(Cl)cc2)CC1)NCC1CC1. The number of hydrogen-bond acceptors (Lipinski definition) is 3. The van der Waals surface area contributed by atoms with E-state index in [1.807, 2.05) is 12.1 Å². The fraction of sp³-hybridized carbons (Fsp3) is 0.562. The highest BCUT2D eigenvalue weighted by molar-refractivity contribution is 6.30. The van der Waals surface area contributed by atoms with Gasteiger partial charge in [-0.15, -0.1) is 0 Å². The van der Waals surface area contributed by atoms with Gasteiger partial charge >= 0.3 is 0 Å². The lowest BCUT2D eigenvalue weighted by molar-refractivity contribution is -0.122. The first-order valence-electron chi connectivity index (χ1n) is 7.70. The Labute approximate surface area is 131 Å². The Kier molecular flexibility index (Phi) is 4.66. The standard InChI is InChI=1S/C16H22ClN3O/c17-14-3-5-15(6-4-14)20-9-7-19(8-10-20)12-16(21)18-11-13-1-2-13/h3-6,13H,1-2,7-12H2,(H,18,21). The number of carbonyl (C=O) groups excluding carboxylic acids is 1. The molecule has 1 saturated heterocycles. The summed E-state index contributed by atoms with van der Waals surface area (Å²) < 4.78 is 0. The van der Waals surface area contributed by atoms with Gasteiger partial charge in [0.05, 0.1) is 6.54 Å². The smallest absolute Gasteiger partial charge is 0.234 e. The summed E-state index contributed by atoms with van der Waals surface area (Å²) in [5, 5.41) is 3.80. The summed E-state index contributed by atoms with van der Waals surface area (Å²) in [7, 11) is 0. The van der Waals surface area contributed by atoms with E-state index in [1.54, 1.807) is 0 Å². The fourth-order valence-electron chi connectivity index (χ4n) is 2.66. The molecule has 5 heteroatoms. The van der Waals surface area contributed by atoms with E-state index in [0.717, 1.165) is 43.7 Å². The lowest BCUT2D eigenvalue weighted by Crippen LogP contribution is -2.49. The number of rotatable bonds is 5. The number of nitrogens with one attached hydrogen (secondary N) is 1. The molecule has 3 rings (SSSR count). The summed E-state index contributed by atoms with van der Waals surface area (Å²) in [5.41, 5.74) is 1.21. The first-order valence-corrected chi connectivity index (χ1v) is 8.08. The third-order valence-electron chi connectivity index (χ3n) is 4.22. The summed E-state index contributed by atoms with van der Waals surface area (Å²) in [5.74, 6) is 0.914. The molecule has 0 unspecified atom stereocenters. The molecule has 1 aliphatic heterocycles. The predicted molar refractivity (Wildman–Crippen MR) is 85.8 cm³/mol. The predicted octanol–water partition coefficient (Wildman–Crippen LogP) is 1.99. The summed E-state index contributed by atoms with van der Waals surface area (Å²) in [6, 6.07) is 7.96. The molecule has 1 aliphatic carbocycles. The number of nitrogens with zero attached hydrogens (tertiary/aromatic N) is 2. The second-order valence-corrected chi connectivity index (χ2v) is 6.42. The number of piperazine rings is 1. The highest BCUT2D eigenvalue weighted by Crippen LogP contribution is 2.27. The molecule has 0 spiro atoms. The Bertz CT molecular complexity index is 479. The molecule has 1 N–H and O–H groups in total. The minimum atomic E-state index is 0.168. The van der Waals surface area contributed by atoms with Gasteiger partial charge in [0.25, 0.3) is 0 Å². The molecule has 4 nitrogen and oxygen atoms in total. The van der Waals surface area contributed by atoms with Gasteiger partial charge in [0.2, 0.25) is 5.91 Å². The second-order valence-electron chi connectivity index (χ2n) is 5.99. The summed E-state index contributed by atoms with van der Waals surface area (Å²) in [6.45, 7) is 5.17. The molecule has 1 saturated carbocycles. The van der Waals surface area contributed by atoms with Crippen molar-refractivity contribution in [3.63, 3.8) is 0 Å². The van der Waals surface area contributed by atoms with Crippen LogP contribution in [0.5, 0.6) is 0 Å². The van der Waals surface area contributed by atoms with Gasteiger partial charge in [0.15, 0.2) is 0 Å². The van der Waals surface area contributed by atoms with Gasteiger partial charge in [-0.2, -0.15) is 0 Å². The van der Waals surface area contributed by atoms with Gasteiger partial charge in [-0.1, -0.05) is 11.6 Å². The summed E-state index contributed by atoms with van der Waals surface area (Å²) in [4.78, 5) is 16.4. The lowest BCUT2D eigenvalue weighted by atomic mass is 10.2. The quantitative estimate of drug-likeness (QED) is 0.903. The van der Waals surface area contributed by atoms with E-state index in [4.69, 9.17) is 11.6 Å². The number of amides is 1. The van der Waals surface area contributed by atoms with Crippen molar-refractivity contribution in [2.24, 2.45) is 5.92 Å². The Morgan fingerprint density at radius 2 is 1.81 bits per heavy atom. The first-order chi connectivity index (χ1) is 10.2. The minimum Gasteiger partial charge on any atom is -0.369 e. The first kappa shape index (κ1) is 14.7. The van der Waals surface area contributed by atoms with E-state index in [9.17, 15) is 4.79 Å². The van der Waals surface area contributed by atoms with Crippen LogP contribution in [0.15, 0.2) is 24.3 Å². The zero-order valence-electron chi connectivity index (χ0n) is 12.2. The zero-order chi connectivity index (χ0) is 14.7. The van der Waals surface area contributed by atoms with Crippen molar-refractivity contribution in [2.75, 3.05) is 44.2 Å². The van der Waals surface area contributed by atoms with E-state index in [1.165, 1.54) is 18.5 Å². The van der Waals surface area contributed by atoms with Crippen LogP contribution in [0.4, 0.5) is 5.69 Å². The third kappa shape index (κ3) is 4.35. The van der Waals surface area contributed by atoms with Crippen molar-refractivity contribution in [3.8, 4) is 0 Å². The van der Waals surface area contributed by atoms with Gasteiger partial charge < -0.3 is 10.2 Å². The van der Waals surface area contributed by atoms with E-state index >= 15 is 0 Å². The van der Waals surface area contributed by atoms with E-state index in [0.29, 0.717) is 6.54 Å². The fourth-order valence-corrected chi connectivity index (χ4v) is 2.78. The molecule has 1 aromatic rings. The van der Waals surface area contributed by atoms with Crippen molar-refractivity contribution >= 4 is 23.2 Å². The molecule has 0 bridgehead atoms. The van der Waals surface area contributed by atoms with Crippen LogP contribution in [-0.2, 0) is 4.79 Å². The molecule has 1 heterocycles. The van der Waals surface area contributed by atoms with E-state index in [-0.39, 0.29) is 5.91 Å². The molecule has 2 aliphatic rings. The Hall–Kier alpha value is -1.26. The monoisotopic (exact) mass is 307 g/mol. The normalized spacial score (nSPS) is 19.6. The Morgan fingerprint density at radius 1 is 1.14 bits per heavy atom. The van der Waals surface area contributed by atoms with Gasteiger partial charge in [-0.05, 0) is 43.0 Å². The summed E-state index contributed by atoms with van der Waals surface area (Å²) in [6.07, 6.45) is 2.56. The second kappa shape index (κ2) is 6.67. The van der Waals surface area contributed by atoms with E-state index < -0.39 is 0 Å². The van der Waals surface area contributed by atoms with Gasteiger partial charge in [0.1, 0.15) is 0 Å².